The second-order valence-electron chi connectivity index (χ2n) is 8.72. The molecule has 0 spiro atoms. The van der Waals surface area contributed by atoms with Gasteiger partial charge in [0.2, 0.25) is 5.13 Å². The molecule has 40 heavy (non-hydrogen) atoms. The molecule has 0 bridgehead atoms. The minimum absolute atomic E-state index is 0.0541. The van der Waals surface area contributed by atoms with E-state index in [4.69, 9.17) is 4.74 Å². The highest BCUT2D eigenvalue weighted by molar-refractivity contribution is 8.00. The molecule has 0 saturated heterocycles. The molecule has 10 heteroatoms. The molecule has 1 aliphatic heterocycles. The van der Waals surface area contributed by atoms with Crippen molar-refractivity contribution in [2.24, 2.45) is 0 Å². The molecule has 1 N–H and O–H groups in total. The number of carbonyl (C=O) groups excluding carboxylic acids is 2. The molecule has 0 radical (unpaired) electrons. The molecule has 0 saturated carbocycles. The number of thioether (sulfide) groups is 1. The van der Waals surface area contributed by atoms with E-state index in [9.17, 15) is 19.1 Å². The highest BCUT2D eigenvalue weighted by Crippen LogP contribution is 2.44. The first-order valence-corrected chi connectivity index (χ1v) is 14.2. The summed E-state index contributed by atoms with van der Waals surface area (Å²) in [5.74, 6) is -1.09. The number of benzene rings is 3. The fourth-order valence-electron chi connectivity index (χ4n) is 4.22. The van der Waals surface area contributed by atoms with E-state index in [-0.39, 0.29) is 16.5 Å². The van der Waals surface area contributed by atoms with Crippen LogP contribution in [0.15, 0.2) is 101 Å². The molecule has 2 heterocycles. The van der Waals surface area contributed by atoms with E-state index in [2.05, 4.69) is 10.2 Å². The number of halogens is 1. The largest absolute Gasteiger partial charge is 0.503 e. The average molecular weight is 574 g/mol. The second kappa shape index (κ2) is 12.3. The molecule has 5 rings (SSSR count). The van der Waals surface area contributed by atoms with Crippen molar-refractivity contribution in [2.45, 2.75) is 23.1 Å². The van der Waals surface area contributed by atoms with Crippen molar-refractivity contribution in [1.82, 2.24) is 10.2 Å². The van der Waals surface area contributed by atoms with Crippen molar-refractivity contribution >= 4 is 46.0 Å². The summed E-state index contributed by atoms with van der Waals surface area (Å²) in [4.78, 5) is 28.2. The lowest BCUT2D eigenvalue weighted by molar-refractivity contribution is -0.117. The van der Waals surface area contributed by atoms with Crippen LogP contribution in [0.2, 0.25) is 0 Å². The number of anilines is 1. The van der Waals surface area contributed by atoms with Crippen LogP contribution in [0, 0.1) is 5.82 Å². The smallest absolute Gasteiger partial charge is 0.296 e. The van der Waals surface area contributed by atoms with Crippen LogP contribution < -0.4 is 9.64 Å². The van der Waals surface area contributed by atoms with Crippen molar-refractivity contribution < 1.29 is 23.8 Å². The fraction of sp³-hybridized carbons (Fsp3) is 0.133. The lowest BCUT2D eigenvalue weighted by Crippen LogP contribution is -2.30. The van der Waals surface area contributed by atoms with E-state index in [0.717, 1.165) is 11.1 Å². The summed E-state index contributed by atoms with van der Waals surface area (Å²) in [6, 6.07) is 21.6. The third-order valence-corrected chi connectivity index (χ3v) is 8.19. The van der Waals surface area contributed by atoms with Crippen LogP contribution in [0.1, 0.15) is 29.7 Å². The molecule has 1 unspecified atom stereocenters. The van der Waals surface area contributed by atoms with E-state index in [1.165, 1.54) is 46.2 Å². The number of rotatable bonds is 10. The maximum Gasteiger partial charge on any atom is 0.296 e. The summed E-state index contributed by atoms with van der Waals surface area (Å²) in [6.45, 7) is 2.30. The van der Waals surface area contributed by atoms with Gasteiger partial charge in [-0.05, 0) is 54.0 Å². The first kappa shape index (κ1) is 27.3. The summed E-state index contributed by atoms with van der Waals surface area (Å²) in [5.41, 5.74) is 2.24. The number of aromatic nitrogens is 2. The van der Waals surface area contributed by atoms with Gasteiger partial charge in [-0.1, -0.05) is 83.8 Å². The topological polar surface area (TPSA) is 92.6 Å². The zero-order chi connectivity index (χ0) is 28.1. The quantitative estimate of drug-likeness (QED) is 0.131. The average Bonchev–Trinajstić information content (AvgIpc) is 3.54. The summed E-state index contributed by atoms with van der Waals surface area (Å²) in [5, 5.41) is 19.6. The van der Waals surface area contributed by atoms with Gasteiger partial charge in [0.05, 0.1) is 18.2 Å². The number of ether oxygens (including phenoxy) is 1. The summed E-state index contributed by atoms with van der Waals surface area (Å²) in [7, 11) is 0. The molecule has 0 fully saturated rings. The van der Waals surface area contributed by atoms with E-state index in [1.807, 2.05) is 37.3 Å². The summed E-state index contributed by atoms with van der Waals surface area (Å²) in [6.07, 6.45) is 2.99. The van der Waals surface area contributed by atoms with Crippen LogP contribution in [0.3, 0.4) is 0 Å². The first-order chi connectivity index (χ1) is 19.4. The number of allylic oxidation sites excluding steroid dienone is 1. The molecule has 1 atom stereocenters. The van der Waals surface area contributed by atoms with Gasteiger partial charge in [0, 0.05) is 5.75 Å². The molecular weight excluding hydrogens is 549 g/mol. The monoisotopic (exact) mass is 573 g/mol. The van der Waals surface area contributed by atoms with E-state index < -0.39 is 23.5 Å². The van der Waals surface area contributed by atoms with Crippen LogP contribution in [0.4, 0.5) is 9.52 Å². The highest BCUT2D eigenvalue weighted by atomic mass is 32.2. The Morgan fingerprint density at radius 3 is 2.62 bits per heavy atom. The maximum atomic E-state index is 13.5. The predicted octanol–water partition coefficient (Wildman–Crippen LogP) is 6.55. The molecule has 1 aromatic heterocycles. The molecule has 3 aromatic carbocycles. The maximum absolute atomic E-state index is 13.5. The number of carbonyl (C=O) groups is 2. The molecule has 7 nitrogen and oxygen atoms in total. The number of hydrogen-bond acceptors (Lipinski definition) is 8. The van der Waals surface area contributed by atoms with Crippen LogP contribution in [0.5, 0.6) is 5.75 Å². The Morgan fingerprint density at radius 1 is 1.10 bits per heavy atom. The normalized spacial score (nSPS) is 15.3. The van der Waals surface area contributed by atoms with Gasteiger partial charge in [0.1, 0.15) is 11.6 Å². The zero-order valence-corrected chi connectivity index (χ0v) is 23.0. The Labute approximate surface area is 238 Å². The zero-order valence-electron chi connectivity index (χ0n) is 21.4. The SMILES string of the molecule is CCOc1cccc(C2C(C(=O)C=Cc3ccccc3)=C(O)C(=O)N2c2nnc(SCc3ccc(F)cc3)s2)c1. The van der Waals surface area contributed by atoms with Gasteiger partial charge in [0.15, 0.2) is 15.9 Å². The first-order valence-electron chi connectivity index (χ1n) is 12.4. The van der Waals surface area contributed by atoms with Crippen LogP contribution in [-0.4, -0.2) is 33.6 Å². The molecular formula is C30H24FN3O4S2. The number of aliphatic hydroxyl groups excluding tert-OH is 1. The van der Waals surface area contributed by atoms with Crippen LogP contribution in [-0.2, 0) is 15.3 Å². The molecule has 1 amide bonds. The summed E-state index contributed by atoms with van der Waals surface area (Å²) >= 11 is 2.56. The number of ketones is 1. The van der Waals surface area contributed by atoms with Gasteiger partial charge in [-0.25, -0.2) is 4.39 Å². The van der Waals surface area contributed by atoms with Crippen molar-refractivity contribution in [3.63, 3.8) is 0 Å². The number of nitrogens with zero attached hydrogens (tertiary/aromatic N) is 3. The second-order valence-corrected chi connectivity index (χ2v) is 10.9. The number of amides is 1. The van der Waals surface area contributed by atoms with Crippen LogP contribution in [0.25, 0.3) is 6.08 Å². The number of hydrogen-bond donors (Lipinski definition) is 1. The van der Waals surface area contributed by atoms with E-state index in [1.54, 1.807) is 42.5 Å². The Hall–Kier alpha value is -4.28. The lowest BCUT2D eigenvalue weighted by Gasteiger charge is -2.24. The Bertz CT molecular complexity index is 1590. The van der Waals surface area contributed by atoms with Gasteiger partial charge in [0.25, 0.3) is 5.91 Å². The molecule has 0 aliphatic carbocycles. The third-order valence-electron chi connectivity index (χ3n) is 6.06. The molecule has 4 aromatic rings. The third kappa shape index (κ3) is 5.98. The Balaban J connectivity index is 1.47. The Morgan fingerprint density at radius 2 is 1.88 bits per heavy atom. The highest BCUT2D eigenvalue weighted by Gasteiger charge is 2.45. The minimum Gasteiger partial charge on any atom is -0.503 e. The van der Waals surface area contributed by atoms with Crippen molar-refractivity contribution in [3.8, 4) is 5.75 Å². The van der Waals surface area contributed by atoms with Crippen LogP contribution >= 0.6 is 23.1 Å². The van der Waals surface area contributed by atoms with Gasteiger partial charge in [-0.2, -0.15) is 0 Å². The summed E-state index contributed by atoms with van der Waals surface area (Å²) < 4.78 is 19.5. The number of aliphatic hydroxyl groups is 1. The molecule has 202 valence electrons. The van der Waals surface area contributed by atoms with Crippen molar-refractivity contribution in [2.75, 3.05) is 11.5 Å². The minimum atomic E-state index is -0.941. The van der Waals surface area contributed by atoms with Crippen molar-refractivity contribution in [3.05, 3.63) is 119 Å². The van der Waals surface area contributed by atoms with Gasteiger partial charge in [-0.3, -0.25) is 14.5 Å². The van der Waals surface area contributed by atoms with E-state index >= 15 is 0 Å². The fourth-order valence-corrected chi connectivity index (χ4v) is 6.04. The van der Waals surface area contributed by atoms with Gasteiger partial charge in [-0.15, -0.1) is 10.2 Å². The standard InChI is InChI=1S/C30H24FN3O4S2/c1-2-38-23-10-6-9-21(17-23)26-25(24(35)16-13-19-7-4-3-5-8-19)27(36)28(37)34(26)29-32-33-30(40-29)39-18-20-11-14-22(31)15-12-20/h3-17,26,36H,2,18H2,1H3. The van der Waals surface area contributed by atoms with Gasteiger partial charge >= 0.3 is 0 Å². The van der Waals surface area contributed by atoms with Gasteiger partial charge < -0.3 is 9.84 Å². The molecule has 1 aliphatic rings. The van der Waals surface area contributed by atoms with Crippen molar-refractivity contribution in [1.29, 1.82) is 0 Å². The lowest BCUT2D eigenvalue weighted by atomic mass is 9.95. The van der Waals surface area contributed by atoms with E-state index in [0.29, 0.717) is 28.0 Å². The Kier molecular flexibility index (Phi) is 8.37. The predicted molar refractivity (Wildman–Crippen MR) is 154 cm³/mol.